The van der Waals surface area contributed by atoms with Crippen molar-refractivity contribution in [2.24, 2.45) is 0 Å². The summed E-state index contributed by atoms with van der Waals surface area (Å²) < 4.78 is 10.5. The standard InChI is InChI=1S/C11H15NO3S/c1-7-9(12)5-10(16-7)11(13)15-6-8-3-2-4-14-8/h5,8H,2-4,6,12H2,1H3. The third kappa shape index (κ3) is 2.54. The molecule has 1 aromatic heterocycles. The number of anilines is 1. The lowest BCUT2D eigenvalue weighted by molar-refractivity contribution is 0.0165. The van der Waals surface area contributed by atoms with E-state index in [1.807, 2.05) is 6.92 Å². The molecule has 0 aromatic carbocycles. The smallest absolute Gasteiger partial charge is 0.348 e. The van der Waals surface area contributed by atoms with Gasteiger partial charge in [0, 0.05) is 17.2 Å². The average molecular weight is 241 g/mol. The molecule has 0 amide bonds. The number of nitrogens with two attached hydrogens (primary N) is 1. The Bertz CT molecular complexity index is 363. The Balaban J connectivity index is 1.87. The van der Waals surface area contributed by atoms with Crippen molar-refractivity contribution in [2.45, 2.75) is 25.9 Å². The summed E-state index contributed by atoms with van der Waals surface area (Å²) in [5, 5.41) is 0. The summed E-state index contributed by atoms with van der Waals surface area (Å²) in [5.41, 5.74) is 6.32. The van der Waals surface area contributed by atoms with Crippen molar-refractivity contribution in [3.8, 4) is 0 Å². The predicted octanol–water partition coefficient (Wildman–Crippen LogP) is 1.97. The van der Waals surface area contributed by atoms with Gasteiger partial charge in [-0.05, 0) is 25.8 Å². The van der Waals surface area contributed by atoms with Crippen LogP contribution in [0.1, 0.15) is 27.4 Å². The molecule has 1 unspecified atom stereocenters. The van der Waals surface area contributed by atoms with Crippen LogP contribution < -0.4 is 5.73 Å². The lowest BCUT2D eigenvalue weighted by atomic mass is 10.2. The third-order valence-electron chi connectivity index (χ3n) is 2.58. The summed E-state index contributed by atoms with van der Waals surface area (Å²) in [4.78, 5) is 13.2. The first-order valence-electron chi connectivity index (χ1n) is 5.31. The van der Waals surface area contributed by atoms with Gasteiger partial charge in [0.05, 0.1) is 6.10 Å². The van der Waals surface area contributed by atoms with E-state index in [0.717, 1.165) is 24.3 Å². The van der Waals surface area contributed by atoms with Crippen molar-refractivity contribution in [1.29, 1.82) is 0 Å². The fourth-order valence-electron chi connectivity index (χ4n) is 1.61. The summed E-state index contributed by atoms with van der Waals surface area (Å²) in [6, 6.07) is 1.66. The molecule has 2 heterocycles. The molecule has 1 atom stereocenters. The SMILES string of the molecule is Cc1sc(C(=O)OCC2CCCO2)cc1N. The van der Waals surface area contributed by atoms with Gasteiger partial charge in [-0.15, -0.1) is 11.3 Å². The number of rotatable bonds is 3. The van der Waals surface area contributed by atoms with Gasteiger partial charge in [-0.3, -0.25) is 0 Å². The zero-order valence-corrected chi connectivity index (χ0v) is 10.0. The lowest BCUT2D eigenvalue weighted by Gasteiger charge is -2.08. The fraction of sp³-hybridized carbons (Fsp3) is 0.545. The van der Waals surface area contributed by atoms with Gasteiger partial charge in [-0.2, -0.15) is 0 Å². The van der Waals surface area contributed by atoms with Crippen molar-refractivity contribution in [2.75, 3.05) is 18.9 Å². The summed E-state index contributed by atoms with van der Waals surface area (Å²) in [6.45, 7) is 3.00. The minimum absolute atomic E-state index is 0.0716. The normalized spacial score (nSPS) is 19.9. The first kappa shape index (κ1) is 11.4. The lowest BCUT2D eigenvalue weighted by Crippen LogP contribution is -2.17. The molecule has 88 valence electrons. The maximum Gasteiger partial charge on any atom is 0.348 e. The number of hydrogen-bond acceptors (Lipinski definition) is 5. The molecule has 5 heteroatoms. The van der Waals surface area contributed by atoms with Gasteiger partial charge in [0.1, 0.15) is 11.5 Å². The first-order valence-corrected chi connectivity index (χ1v) is 6.13. The van der Waals surface area contributed by atoms with E-state index >= 15 is 0 Å². The average Bonchev–Trinajstić information content (AvgIpc) is 2.86. The summed E-state index contributed by atoms with van der Waals surface area (Å²) in [7, 11) is 0. The maximum atomic E-state index is 11.6. The largest absolute Gasteiger partial charge is 0.459 e. The second-order valence-electron chi connectivity index (χ2n) is 3.86. The topological polar surface area (TPSA) is 61.5 Å². The molecule has 0 spiro atoms. The van der Waals surface area contributed by atoms with Crippen molar-refractivity contribution >= 4 is 23.0 Å². The zero-order chi connectivity index (χ0) is 11.5. The second kappa shape index (κ2) is 4.84. The van der Waals surface area contributed by atoms with Crippen LogP contribution in [0.5, 0.6) is 0 Å². The van der Waals surface area contributed by atoms with Crippen molar-refractivity contribution in [3.05, 3.63) is 15.8 Å². The summed E-state index contributed by atoms with van der Waals surface area (Å²) in [6.07, 6.45) is 2.09. The minimum atomic E-state index is -0.305. The van der Waals surface area contributed by atoms with Crippen LogP contribution in [0.4, 0.5) is 5.69 Å². The minimum Gasteiger partial charge on any atom is -0.459 e. The van der Waals surface area contributed by atoms with Crippen LogP contribution in [0, 0.1) is 6.92 Å². The van der Waals surface area contributed by atoms with Gasteiger partial charge in [-0.1, -0.05) is 0 Å². The molecule has 16 heavy (non-hydrogen) atoms. The highest BCUT2D eigenvalue weighted by Gasteiger charge is 2.19. The van der Waals surface area contributed by atoms with E-state index in [-0.39, 0.29) is 12.1 Å². The third-order valence-corrected chi connectivity index (χ3v) is 3.63. The van der Waals surface area contributed by atoms with Crippen LogP contribution in [0.2, 0.25) is 0 Å². The van der Waals surface area contributed by atoms with E-state index in [4.69, 9.17) is 15.2 Å². The number of carbonyl (C=O) groups is 1. The zero-order valence-electron chi connectivity index (χ0n) is 9.19. The van der Waals surface area contributed by atoms with Gasteiger partial charge in [0.15, 0.2) is 0 Å². The Kier molecular flexibility index (Phi) is 3.46. The number of esters is 1. The Morgan fingerprint density at radius 3 is 3.12 bits per heavy atom. The molecule has 0 bridgehead atoms. The predicted molar refractivity (Wildman–Crippen MR) is 62.7 cm³/mol. The second-order valence-corrected chi connectivity index (χ2v) is 5.11. The van der Waals surface area contributed by atoms with Gasteiger partial charge in [0.2, 0.25) is 0 Å². The van der Waals surface area contributed by atoms with Crippen LogP contribution in [-0.4, -0.2) is 25.3 Å². The number of thiophene rings is 1. The number of carbonyl (C=O) groups excluding carboxylic acids is 1. The van der Waals surface area contributed by atoms with E-state index in [2.05, 4.69) is 0 Å². The van der Waals surface area contributed by atoms with E-state index in [1.165, 1.54) is 11.3 Å². The molecule has 1 aliphatic rings. The van der Waals surface area contributed by atoms with Crippen LogP contribution in [0.3, 0.4) is 0 Å². The molecule has 1 fully saturated rings. The number of ether oxygens (including phenoxy) is 2. The van der Waals surface area contributed by atoms with Crippen LogP contribution in [0.15, 0.2) is 6.07 Å². The molecule has 4 nitrogen and oxygen atoms in total. The molecular formula is C11H15NO3S. The molecule has 1 saturated heterocycles. The summed E-state index contributed by atoms with van der Waals surface area (Å²) in [5.74, 6) is -0.305. The van der Waals surface area contributed by atoms with Crippen LogP contribution >= 0.6 is 11.3 Å². The van der Waals surface area contributed by atoms with Crippen molar-refractivity contribution in [3.63, 3.8) is 0 Å². The van der Waals surface area contributed by atoms with E-state index in [1.54, 1.807) is 6.07 Å². The quantitative estimate of drug-likeness (QED) is 0.822. The molecule has 0 aliphatic carbocycles. The highest BCUT2D eigenvalue weighted by Crippen LogP contribution is 2.24. The van der Waals surface area contributed by atoms with E-state index in [0.29, 0.717) is 17.2 Å². The van der Waals surface area contributed by atoms with Crippen molar-refractivity contribution in [1.82, 2.24) is 0 Å². The number of hydrogen-bond donors (Lipinski definition) is 1. The van der Waals surface area contributed by atoms with Gasteiger partial charge in [-0.25, -0.2) is 4.79 Å². The van der Waals surface area contributed by atoms with Gasteiger partial charge in [0.25, 0.3) is 0 Å². The number of nitrogen functional groups attached to an aromatic ring is 1. The maximum absolute atomic E-state index is 11.6. The molecule has 2 N–H and O–H groups in total. The molecule has 1 aromatic rings. The molecule has 2 rings (SSSR count). The van der Waals surface area contributed by atoms with Crippen LogP contribution in [0.25, 0.3) is 0 Å². The number of aryl methyl sites for hydroxylation is 1. The first-order chi connectivity index (χ1) is 7.66. The Morgan fingerprint density at radius 2 is 2.56 bits per heavy atom. The van der Waals surface area contributed by atoms with E-state index in [9.17, 15) is 4.79 Å². The van der Waals surface area contributed by atoms with E-state index < -0.39 is 0 Å². The summed E-state index contributed by atoms with van der Waals surface area (Å²) >= 11 is 1.36. The highest BCUT2D eigenvalue weighted by atomic mass is 32.1. The monoisotopic (exact) mass is 241 g/mol. The molecule has 0 saturated carbocycles. The Hall–Kier alpha value is -1.07. The van der Waals surface area contributed by atoms with Gasteiger partial charge < -0.3 is 15.2 Å². The fourth-order valence-corrected chi connectivity index (χ4v) is 2.45. The van der Waals surface area contributed by atoms with Gasteiger partial charge >= 0.3 is 5.97 Å². The van der Waals surface area contributed by atoms with Crippen LogP contribution in [-0.2, 0) is 9.47 Å². The molecule has 1 aliphatic heterocycles. The highest BCUT2D eigenvalue weighted by molar-refractivity contribution is 7.14. The van der Waals surface area contributed by atoms with Crippen molar-refractivity contribution < 1.29 is 14.3 Å². The Labute approximate surface area is 98.3 Å². The molecular weight excluding hydrogens is 226 g/mol. The molecule has 0 radical (unpaired) electrons. The Morgan fingerprint density at radius 1 is 1.75 bits per heavy atom.